The van der Waals surface area contributed by atoms with Crippen LogP contribution < -0.4 is 4.90 Å². The number of fused-ring (bicyclic) bond motifs is 1. The second-order valence-electron chi connectivity index (χ2n) is 9.25. The van der Waals surface area contributed by atoms with Crippen molar-refractivity contribution < 1.29 is 10.0 Å². The Morgan fingerprint density at radius 1 is 1.12 bits per heavy atom. The van der Waals surface area contributed by atoms with Crippen LogP contribution >= 0.6 is 11.8 Å². The third-order valence-electron chi connectivity index (χ3n) is 6.80. The van der Waals surface area contributed by atoms with Gasteiger partial charge in [0.05, 0.1) is 11.0 Å². The molecule has 3 rings (SSSR count). The number of aliphatic hydroxyl groups excluding tert-OH is 1. The number of nitro groups is 1. The van der Waals surface area contributed by atoms with Gasteiger partial charge >= 0.3 is 0 Å². The third kappa shape index (κ3) is 5.12. The molecule has 1 N–H and O–H groups in total. The first-order valence-corrected chi connectivity index (χ1v) is 12.7. The molecule has 0 saturated carbocycles. The number of non-ortho nitro benzene ring substituents is 1. The lowest BCUT2D eigenvalue weighted by Gasteiger charge is -2.40. The summed E-state index contributed by atoms with van der Waals surface area (Å²) >= 11 is 1.84. The van der Waals surface area contributed by atoms with Gasteiger partial charge in [0.25, 0.3) is 5.69 Å². The summed E-state index contributed by atoms with van der Waals surface area (Å²) in [5.74, 6) is 0.571. The molecular weight excluding hydrogens is 420 g/mol. The summed E-state index contributed by atoms with van der Waals surface area (Å²) in [6.45, 7) is 4.39. The van der Waals surface area contributed by atoms with E-state index in [0.29, 0.717) is 0 Å². The zero-order chi connectivity index (χ0) is 23.3. The van der Waals surface area contributed by atoms with Gasteiger partial charge in [-0.15, -0.1) is 11.8 Å². The lowest BCUT2D eigenvalue weighted by molar-refractivity contribution is -0.384. The normalized spacial score (nSPS) is 19.8. The van der Waals surface area contributed by atoms with E-state index in [1.807, 2.05) is 31.9 Å². The van der Waals surface area contributed by atoms with Crippen LogP contribution in [0.5, 0.6) is 0 Å². The van der Waals surface area contributed by atoms with Gasteiger partial charge in [0, 0.05) is 53.9 Å². The van der Waals surface area contributed by atoms with Gasteiger partial charge in [0.15, 0.2) is 0 Å². The van der Waals surface area contributed by atoms with Gasteiger partial charge in [-0.25, -0.2) is 0 Å². The molecule has 0 spiro atoms. The van der Waals surface area contributed by atoms with Crippen LogP contribution in [0.2, 0.25) is 0 Å². The first kappa shape index (κ1) is 24.6. The SMILES string of the molecule is CCCCC1(CCCC)CSc2ccc(N(C)C)cc2[C@@H](c2cccc([N+](=O)[O-])c2)[C@H]1O. The van der Waals surface area contributed by atoms with Crippen molar-refractivity contribution in [3.8, 4) is 0 Å². The zero-order valence-corrected chi connectivity index (χ0v) is 20.5. The third-order valence-corrected chi connectivity index (χ3v) is 8.20. The van der Waals surface area contributed by atoms with Crippen molar-refractivity contribution in [2.75, 3.05) is 24.7 Å². The number of anilines is 1. The summed E-state index contributed by atoms with van der Waals surface area (Å²) in [6, 6.07) is 13.3. The highest BCUT2D eigenvalue weighted by molar-refractivity contribution is 7.99. The van der Waals surface area contributed by atoms with Crippen molar-refractivity contribution in [3.63, 3.8) is 0 Å². The second-order valence-corrected chi connectivity index (χ2v) is 10.3. The van der Waals surface area contributed by atoms with Gasteiger partial charge in [0.2, 0.25) is 0 Å². The molecule has 174 valence electrons. The molecule has 0 amide bonds. The van der Waals surface area contributed by atoms with E-state index in [2.05, 4.69) is 36.9 Å². The average Bonchev–Trinajstić information content (AvgIpc) is 2.90. The number of hydrogen-bond acceptors (Lipinski definition) is 5. The van der Waals surface area contributed by atoms with Gasteiger partial charge in [0.1, 0.15) is 0 Å². The molecule has 0 fully saturated rings. The maximum absolute atomic E-state index is 12.1. The zero-order valence-electron chi connectivity index (χ0n) is 19.7. The van der Waals surface area contributed by atoms with Crippen molar-refractivity contribution in [2.24, 2.45) is 5.41 Å². The molecular formula is C26H36N2O3S. The Bertz CT molecular complexity index is 923. The van der Waals surface area contributed by atoms with Crippen molar-refractivity contribution in [3.05, 3.63) is 63.7 Å². The second kappa shape index (κ2) is 10.7. The molecule has 0 aromatic heterocycles. The van der Waals surface area contributed by atoms with Gasteiger partial charge in [-0.3, -0.25) is 10.1 Å². The Hall–Kier alpha value is -2.05. The highest BCUT2D eigenvalue weighted by atomic mass is 32.2. The fourth-order valence-corrected chi connectivity index (χ4v) is 6.25. The summed E-state index contributed by atoms with van der Waals surface area (Å²) in [7, 11) is 4.02. The number of benzene rings is 2. The standard InChI is InChI=1S/C26H36N2O3S/c1-5-7-14-26(15-8-6-2)18-32-23-13-12-20(27(3)4)17-22(23)24(25(26)29)19-10-9-11-21(16-19)28(30)31/h9-13,16-17,24-25,29H,5-8,14-15,18H2,1-4H3/t24-,25-/m1/s1. The number of hydrogen-bond donors (Lipinski definition) is 1. The predicted octanol–water partition coefficient (Wildman–Crippen LogP) is 6.63. The van der Waals surface area contributed by atoms with Gasteiger partial charge in [-0.05, 0) is 42.2 Å². The Morgan fingerprint density at radius 2 is 1.81 bits per heavy atom. The number of nitro benzene ring substituents is 1. The highest BCUT2D eigenvalue weighted by Crippen LogP contribution is 2.52. The van der Waals surface area contributed by atoms with Crippen LogP contribution in [0.1, 0.15) is 69.4 Å². The van der Waals surface area contributed by atoms with Gasteiger partial charge < -0.3 is 10.0 Å². The molecule has 0 saturated heterocycles. The molecule has 2 atom stereocenters. The highest BCUT2D eigenvalue weighted by Gasteiger charge is 2.45. The Balaban J connectivity index is 2.20. The summed E-state index contributed by atoms with van der Waals surface area (Å²) in [5, 5.41) is 23.6. The minimum Gasteiger partial charge on any atom is -0.392 e. The molecule has 0 unspecified atom stereocenters. The van der Waals surface area contributed by atoms with E-state index in [-0.39, 0.29) is 21.9 Å². The van der Waals surface area contributed by atoms with E-state index >= 15 is 0 Å². The van der Waals surface area contributed by atoms with Crippen LogP contribution in [0.15, 0.2) is 47.4 Å². The van der Waals surface area contributed by atoms with E-state index in [0.717, 1.165) is 61.1 Å². The summed E-state index contributed by atoms with van der Waals surface area (Å²) < 4.78 is 0. The fraction of sp³-hybridized carbons (Fsp3) is 0.538. The molecule has 1 aliphatic rings. The van der Waals surface area contributed by atoms with Gasteiger partial charge in [-0.2, -0.15) is 0 Å². The maximum atomic E-state index is 12.1. The Labute approximate surface area is 196 Å². The van der Waals surface area contributed by atoms with Crippen LogP contribution in [-0.2, 0) is 0 Å². The van der Waals surface area contributed by atoms with Crippen LogP contribution in [0.4, 0.5) is 11.4 Å². The molecule has 0 aliphatic carbocycles. The lowest BCUT2D eigenvalue weighted by atomic mass is 9.68. The van der Waals surface area contributed by atoms with E-state index in [1.54, 1.807) is 12.1 Å². The van der Waals surface area contributed by atoms with E-state index in [9.17, 15) is 15.2 Å². The Kier molecular flexibility index (Phi) is 8.23. The molecule has 5 nitrogen and oxygen atoms in total. The van der Waals surface area contributed by atoms with Crippen LogP contribution in [0, 0.1) is 15.5 Å². The number of nitrogens with zero attached hydrogens (tertiary/aromatic N) is 2. The van der Waals surface area contributed by atoms with Crippen LogP contribution in [-0.4, -0.2) is 36.0 Å². The quantitative estimate of drug-likeness (QED) is 0.339. The first-order chi connectivity index (χ1) is 15.3. The Morgan fingerprint density at radius 3 is 2.41 bits per heavy atom. The van der Waals surface area contributed by atoms with E-state index in [4.69, 9.17) is 0 Å². The van der Waals surface area contributed by atoms with Crippen molar-refractivity contribution >= 4 is 23.1 Å². The molecule has 2 aromatic carbocycles. The minimum absolute atomic E-state index is 0.0737. The average molecular weight is 457 g/mol. The largest absolute Gasteiger partial charge is 0.392 e. The van der Waals surface area contributed by atoms with Crippen LogP contribution in [0.25, 0.3) is 0 Å². The van der Waals surface area contributed by atoms with Crippen molar-refractivity contribution in [1.29, 1.82) is 0 Å². The van der Waals surface area contributed by atoms with E-state index < -0.39 is 6.10 Å². The fourth-order valence-electron chi connectivity index (χ4n) is 4.84. The topological polar surface area (TPSA) is 66.6 Å². The maximum Gasteiger partial charge on any atom is 0.269 e. The molecule has 6 heteroatoms. The minimum atomic E-state index is -0.603. The summed E-state index contributed by atoms with van der Waals surface area (Å²) in [6.07, 6.45) is 5.66. The molecule has 1 aliphatic heterocycles. The monoisotopic (exact) mass is 456 g/mol. The lowest BCUT2D eigenvalue weighted by Crippen LogP contribution is -2.41. The molecule has 0 radical (unpaired) electrons. The summed E-state index contributed by atoms with van der Waals surface area (Å²) in [5.41, 5.74) is 2.82. The smallest absolute Gasteiger partial charge is 0.269 e. The summed E-state index contributed by atoms with van der Waals surface area (Å²) in [4.78, 5) is 14.4. The molecule has 1 heterocycles. The number of rotatable bonds is 9. The van der Waals surface area contributed by atoms with E-state index in [1.165, 1.54) is 11.0 Å². The van der Waals surface area contributed by atoms with Crippen molar-refractivity contribution in [2.45, 2.75) is 69.3 Å². The molecule has 32 heavy (non-hydrogen) atoms. The first-order valence-electron chi connectivity index (χ1n) is 11.7. The van der Waals surface area contributed by atoms with Gasteiger partial charge in [-0.1, -0.05) is 51.7 Å². The van der Waals surface area contributed by atoms with Crippen LogP contribution in [0.3, 0.4) is 0 Å². The molecule has 2 aromatic rings. The number of aliphatic hydroxyl groups is 1. The predicted molar refractivity (Wildman–Crippen MR) is 134 cm³/mol. The van der Waals surface area contributed by atoms with Crippen molar-refractivity contribution in [1.82, 2.24) is 0 Å². The number of thioether (sulfide) groups is 1. The molecule has 0 bridgehead atoms. The number of unbranched alkanes of at least 4 members (excludes halogenated alkanes) is 2.